The summed E-state index contributed by atoms with van der Waals surface area (Å²) in [6, 6.07) is 0.742. The smallest absolute Gasteiger partial charge is 0.237 e. The molecule has 0 saturated carbocycles. The van der Waals surface area contributed by atoms with E-state index in [0.717, 1.165) is 65.0 Å². The van der Waals surface area contributed by atoms with Crippen molar-refractivity contribution in [3.05, 3.63) is 0 Å². The summed E-state index contributed by atoms with van der Waals surface area (Å²) in [5.74, 6) is 0.555. The van der Waals surface area contributed by atoms with Crippen LogP contribution < -0.4 is 0 Å². The van der Waals surface area contributed by atoms with Crippen molar-refractivity contribution < 1.29 is 9.59 Å². The maximum atomic E-state index is 12.7. The normalized spacial score (nSPS) is 29.2. The van der Waals surface area contributed by atoms with Crippen LogP contribution in [0.5, 0.6) is 0 Å². The van der Waals surface area contributed by atoms with Gasteiger partial charge in [-0.3, -0.25) is 19.4 Å². The lowest BCUT2D eigenvalue weighted by Crippen LogP contribution is -2.55. The summed E-state index contributed by atoms with van der Waals surface area (Å²) in [5, 5.41) is 0. The van der Waals surface area contributed by atoms with Gasteiger partial charge >= 0.3 is 0 Å². The van der Waals surface area contributed by atoms with E-state index in [1.807, 2.05) is 4.90 Å². The van der Waals surface area contributed by atoms with E-state index in [-0.39, 0.29) is 11.8 Å². The molecule has 6 heteroatoms. The number of hydrogen-bond acceptors (Lipinski definition) is 4. The van der Waals surface area contributed by atoms with Crippen molar-refractivity contribution in [3.8, 4) is 0 Å². The highest BCUT2D eigenvalue weighted by atomic mass is 16.2. The molecule has 0 radical (unpaired) electrons. The van der Waals surface area contributed by atoms with Crippen LogP contribution in [0, 0.1) is 0 Å². The number of carbonyl (C=O) groups is 2. The van der Waals surface area contributed by atoms with Crippen LogP contribution in [0.2, 0.25) is 0 Å². The lowest BCUT2D eigenvalue weighted by molar-refractivity contribution is -0.139. The molecule has 0 aliphatic carbocycles. The van der Waals surface area contributed by atoms with E-state index in [1.165, 1.54) is 6.42 Å². The van der Waals surface area contributed by atoms with Crippen molar-refractivity contribution in [2.75, 3.05) is 52.4 Å². The molecule has 3 saturated heterocycles. The second kappa shape index (κ2) is 8.49. The molecule has 0 aromatic heterocycles. The van der Waals surface area contributed by atoms with Gasteiger partial charge in [-0.25, -0.2) is 0 Å². The number of carbonyl (C=O) groups excluding carboxylic acids is 2. The first-order valence-electron chi connectivity index (χ1n) is 10.1. The summed E-state index contributed by atoms with van der Waals surface area (Å²) in [6.07, 6.45) is 5.78. The van der Waals surface area contributed by atoms with Gasteiger partial charge in [0.1, 0.15) is 0 Å². The van der Waals surface area contributed by atoms with Gasteiger partial charge in [-0.05, 0) is 46.0 Å². The molecule has 0 bridgehead atoms. The monoisotopic (exact) mass is 350 g/mol. The Morgan fingerprint density at radius 2 is 1.20 bits per heavy atom. The maximum absolute atomic E-state index is 12.7. The fourth-order valence-corrected chi connectivity index (χ4v) is 4.55. The largest absolute Gasteiger partial charge is 0.342 e. The zero-order chi connectivity index (χ0) is 17.8. The molecule has 6 nitrogen and oxygen atoms in total. The Kier molecular flexibility index (Phi) is 6.34. The number of likely N-dealkylation sites (tertiary alicyclic amines) is 2. The highest BCUT2D eigenvalue weighted by Crippen LogP contribution is 2.22. The topological polar surface area (TPSA) is 47.1 Å². The van der Waals surface area contributed by atoms with Crippen LogP contribution in [0.1, 0.15) is 46.0 Å². The summed E-state index contributed by atoms with van der Waals surface area (Å²) in [5.41, 5.74) is 0. The van der Waals surface area contributed by atoms with Crippen LogP contribution >= 0.6 is 0 Å². The average molecular weight is 351 g/mol. The van der Waals surface area contributed by atoms with Crippen LogP contribution in [0.3, 0.4) is 0 Å². The van der Waals surface area contributed by atoms with Crippen LogP contribution in [0.25, 0.3) is 0 Å². The molecule has 2 atom stereocenters. The molecule has 3 heterocycles. The van der Waals surface area contributed by atoms with E-state index >= 15 is 0 Å². The number of hydrogen-bond donors (Lipinski definition) is 0. The minimum absolute atomic E-state index is 0.276. The van der Waals surface area contributed by atoms with E-state index in [0.29, 0.717) is 25.2 Å². The zero-order valence-corrected chi connectivity index (χ0v) is 16.0. The summed E-state index contributed by atoms with van der Waals surface area (Å²) in [7, 11) is 0. The van der Waals surface area contributed by atoms with E-state index in [9.17, 15) is 9.59 Å². The molecule has 2 amide bonds. The third kappa shape index (κ3) is 4.73. The number of piperidine rings is 1. The summed E-state index contributed by atoms with van der Waals surface area (Å²) in [6.45, 7) is 10.8. The highest BCUT2D eigenvalue weighted by Gasteiger charge is 2.31. The molecule has 3 aliphatic heterocycles. The van der Waals surface area contributed by atoms with E-state index in [2.05, 4.69) is 28.5 Å². The Labute approximate surface area is 152 Å². The molecule has 0 N–H and O–H groups in total. The Balaban J connectivity index is 1.41. The lowest BCUT2D eigenvalue weighted by Gasteiger charge is -2.41. The van der Waals surface area contributed by atoms with Crippen molar-refractivity contribution in [3.63, 3.8) is 0 Å². The van der Waals surface area contributed by atoms with Gasteiger partial charge in [-0.1, -0.05) is 0 Å². The SMILES string of the molecule is CC1CCCC(C)N1C(=O)CN1CCN(CC(=O)N2CCCC2)CC1. The van der Waals surface area contributed by atoms with Gasteiger partial charge in [0, 0.05) is 51.4 Å². The highest BCUT2D eigenvalue weighted by molar-refractivity contribution is 5.79. The third-order valence-electron chi connectivity index (χ3n) is 6.12. The molecule has 3 fully saturated rings. The van der Waals surface area contributed by atoms with E-state index in [1.54, 1.807) is 0 Å². The third-order valence-corrected chi connectivity index (χ3v) is 6.12. The Hall–Kier alpha value is -1.14. The predicted octanol–water partition coefficient (Wildman–Crippen LogP) is 1.02. The predicted molar refractivity (Wildman–Crippen MR) is 98.3 cm³/mol. The second-order valence-electron chi connectivity index (χ2n) is 8.07. The Morgan fingerprint density at radius 1 is 0.720 bits per heavy atom. The summed E-state index contributed by atoms with van der Waals surface area (Å²) >= 11 is 0. The fourth-order valence-electron chi connectivity index (χ4n) is 4.55. The molecule has 0 aromatic rings. The molecular formula is C19H34N4O2. The van der Waals surface area contributed by atoms with E-state index < -0.39 is 0 Å². The zero-order valence-electron chi connectivity index (χ0n) is 16.0. The van der Waals surface area contributed by atoms with Crippen molar-refractivity contribution in [2.45, 2.75) is 58.0 Å². The second-order valence-corrected chi connectivity index (χ2v) is 8.07. The van der Waals surface area contributed by atoms with Crippen LogP contribution in [0.4, 0.5) is 0 Å². The number of piperazine rings is 1. The molecule has 3 aliphatic rings. The van der Waals surface area contributed by atoms with Gasteiger partial charge in [0.25, 0.3) is 0 Å². The molecule has 0 aromatic carbocycles. The first-order valence-corrected chi connectivity index (χ1v) is 10.1. The molecular weight excluding hydrogens is 316 g/mol. The van der Waals surface area contributed by atoms with Crippen LogP contribution in [0.15, 0.2) is 0 Å². The molecule has 3 rings (SSSR count). The Morgan fingerprint density at radius 3 is 1.72 bits per heavy atom. The quantitative estimate of drug-likeness (QED) is 0.759. The van der Waals surface area contributed by atoms with Gasteiger partial charge < -0.3 is 9.80 Å². The summed E-state index contributed by atoms with van der Waals surface area (Å²) < 4.78 is 0. The van der Waals surface area contributed by atoms with Gasteiger partial charge in [0.2, 0.25) is 11.8 Å². The van der Waals surface area contributed by atoms with Gasteiger partial charge in [-0.2, -0.15) is 0 Å². The van der Waals surface area contributed by atoms with Gasteiger partial charge in [0.05, 0.1) is 13.1 Å². The molecule has 142 valence electrons. The number of rotatable bonds is 4. The van der Waals surface area contributed by atoms with Gasteiger partial charge in [-0.15, -0.1) is 0 Å². The number of nitrogens with zero attached hydrogens (tertiary/aromatic N) is 4. The number of amides is 2. The standard InChI is InChI=1S/C19H34N4O2/c1-16-6-5-7-17(2)23(16)19(25)15-21-12-10-20(11-13-21)14-18(24)22-8-3-4-9-22/h16-17H,3-15H2,1-2H3. The Bertz CT molecular complexity index is 460. The summed E-state index contributed by atoms with van der Waals surface area (Å²) in [4.78, 5) is 33.6. The maximum Gasteiger partial charge on any atom is 0.237 e. The average Bonchev–Trinajstić information content (AvgIpc) is 3.11. The fraction of sp³-hybridized carbons (Fsp3) is 0.895. The molecule has 2 unspecified atom stereocenters. The lowest BCUT2D eigenvalue weighted by atomic mass is 9.97. The van der Waals surface area contributed by atoms with E-state index in [4.69, 9.17) is 0 Å². The van der Waals surface area contributed by atoms with Crippen LogP contribution in [-0.2, 0) is 9.59 Å². The van der Waals surface area contributed by atoms with Crippen molar-refractivity contribution in [1.29, 1.82) is 0 Å². The first kappa shape index (κ1) is 18.6. The van der Waals surface area contributed by atoms with Crippen molar-refractivity contribution in [2.24, 2.45) is 0 Å². The van der Waals surface area contributed by atoms with Crippen LogP contribution in [-0.4, -0.2) is 95.9 Å². The van der Waals surface area contributed by atoms with Gasteiger partial charge in [0.15, 0.2) is 0 Å². The minimum atomic E-state index is 0.276. The van der Waals surface area contributed by atoms with Crippen molar-refractivity contribution in [1.82, 2.24) is 19.6 Å². The molecule has 0 spiro atoms. The first-order chi connectivity index (χ1) is 12.0. The minimum Gasteiger partial charge on any atom is -0.342 e. The van der Waals surface area contributed by atoms with Crippen molar-refractivity contribution >= 4 is 11.8 Å². The molecule has 25 heavy (non-hydrogen) atoms.